The van der Waals surface area contributed by atoms with Crippen LogP contribution in [0.15, 0.2) is 273 Å². The summed E-state index contributed by atoms with van der Waals surface area (Å²) >= 11 is 0. The van der Waals surface area contributed by atoms with Gasteiger partial charge in [0.2, 0.25) is 5.88 Å². The molecule has 0 fully saturated rings. The summed E-state index contributed by atoms with van der Waals surface area (Å²) in [4.78, 5) is 15.7. The second-order valence-corrected chi connectivity index (χ2v) is 21.9. The molecule has 81 heavy (non-hydrogen) atoms. The lowest BCUT2D eigenvalue weighted by molar-refractivity contribution is 0.468. The average molecular weight is 1040 g/mol. The van der Waals surface area contributed by atoms with E-state index in [0.29, 0.717) is 5.88 Å². The van der Waals surface area contributed by atoms with Crippen LogP contribution in [0.1, 0.15) is 13.3 Å². The standard InChI is InChI=1S/C72H50B2N6O/c1-47-24-14-19-37-60(47)80-64-41-23-18-36-57(64)73-58-46-59-72(75-71(58)79(51-31-12-5-13-32-51)65-42-52(43-66(80)69(65)73)78-61-38-20-15-33-54(61)55-34-16-21-39-62(55)78)81-68-45-53(76(48-25-6-2-7-26-48)49-27-8-3-9-28-49)44-67-70(68)74(59)56-35-17-22-40-63(56)77(67)50-29-10-4-11-30-50/h2-23,25-47H,24H2,1H3. The number of aromatic nitrogens is 2. The minimum atomic E-state index is -0.206. The van der Waals surface area contributed by atoms with E-state index < -0.39 is 0 Å². The van der Waals surface area contributed by atoms with E-state index in [2.05, 4.69) is 298 Å². The minimum absolute atomic E-state index is 0.175. The van der Waals surface area contributed by atoms with Gasteiger partial charge in [-0.05, 0) is 136 Å². The van der Waals surface area contributed by atoms with E-state index in [9.17, 15) is 0 Å². The van der Waals surface area contributed by atoms with Crippen LogP contribution in [0.25, 0.3) is 27.5 Å². The van der Waals surface area contributed by atoms with Gasteiger partial charge >= 0.3 is 0 Å². The van der Waals surface area contributed by atoms with Gasteiger partial charge in [0.25, 0.3) is 13.4 Å². The summed E-state index contributed by atoms with van der Waals surface area (Å²) in [5.74, 6) is 2.51. The summed E-state index contributed by atoms with van der Waals surface area (Å²) in [6.45, 7) is 1.99. The number of para-hydroxylation sites is 8. The zero-order valence-electron chi connectivity index (χ0n) is 44.4. The summed E-state index contributed by atoms with van der Waals surface area (Å²) in [6, 6.07) is 90.6. The van der Waals surface area contributed by atoms with Gasteiger partial charge in [-0.15, -0.1) is 0 Å². The molecule has 2 aromatic heterocycles. The summed E-state index contributed by atoms with van der Waals surface area (Å²) in [5, 5.41) is 2.45. The molecule has 0 amide bonds. The molecular formula is C72H50B2N6O. The molecule has 7 nitrogen and oxygen atoms in total. The summed E-state index contributed by atoms with van der Waals surface area (Å²) in [5.41, 5.74) is 22.5. The first kappa shape index (κ1) is 45.7. The van der Waals surface area contributed by atoms with Crippen molar-refractivity contribution in [1.82, 2.24) is 9.55 Å². The zero-order valence-corrected chi connectivity index (χ0v) is 44.4. The Labute approximate surface area is 471 Å². The maximum Gasteiger partial charge on any atom is 0.258 e. The highest BCUT2D eigenvalue weighted by Gasteiger charge is 2.49. The Morgan fingerprint density at radius 1 is 0.444 bits per heavy atom. The number of rotatable bonds is 7. The van der Waals surface area contributed by atoms with E-state index in [4.69, 9.17) is 9.72 Å². The SMILES string of the molecule is CC1CC=CC=C1N1c2ccccc2B2c3cc4c(nc3N(c3ccccc3)c3cc(-n5c6ccccc6c6ccccc65)cc1c32)Oc1cc(N(c2ccccc2)c2ccccc2)cc2c1B4c1ccccc1N2c1ccccc1. The quantitative estimate of drug-likeness (QED) is 0.148. The molecule has 9 heteroatoms. The van der Waals surface area contributed by atoms with Gasteiger partial charge in [0, 0.05) is 79.6 Å². The molecule has 4 aliphatic heterocycles. The molecule has 0 spiro atoms. The van der Waals surface area contributed by atoms with Crippen molar-refractivity contribution in [3.05, 3.63) is 273 Å². The summed E-state index contributed by atoms with van der Waals surface area (Å²) in [6.07, 6.45) is 7.84. The molecule has 0 saturated carbocycles. The lowest BCUT2D eigenvalue weighted by Gasteiger charge is -2.46. The molecule has 1 unspecified atom stereocenters. The smallest absolute Gasteiger partial charge is 0.258 e. The van der Waals surface area contributed by atoms with Gasteiger partial charge < -0.3 is 24.0 Å². The van der Waals surface area contributed by atoms with Gasteiger partial charge in [-0.25, -0.2) is 0 Å². The van der Waals surface area contributed by atoms with Crippen molar-refractivity contribution in [2.24, 2.45) is 5.92 Å². The zero-order chi connectivity index (χ0) is 53.3. The van der Waals surface area contributed by atoms with Crippen molar-refractivity contribution in [2.75, 3.05) is 19.6 Å². The molecule has 1 aliphatic carbocycles. The van der Waals surface area contributed by atoms with Gasteiger partial charge in [0.05, 0.1) is 22.4 Å². The number of allylic oxidation sites excluding steroid dienone is 4. The highest BCUT2D eigenvalue weighted by molar-refractivity contribution is 7.02. The van der Waals surface area contributed by atoms with E-state index in [1.807, 2.05) is 0 Å². The fourth-order valence-electron chi connectivity index (χ4n) is 14.0. The van der Waals surface area contributed by atoms with Gasteiger partial charge in [-0.2, -0.15) is 4.98 Å². The topological polar surface area (TPSA) is 40.0 Å². The van der Waals surface area contributed by atoms with E-state index in [1.54, 1.807) is 0 Å². The number of anilines is 11. The first-order valence-corrected chi connectivity index (χ1v) is 28.2. The highest BCUT2D eigenvalue weighted by atomic mass is 16.5. The van der Waals surface area contributed by atoms with E-state index in [-0.39, 0.29) is 19.3 Å². The second kappa shape index (κ2) is 17.9. The predicted octanol–water partition coefficient (Wildman–Crippen LogP) is 14.3. The number of hydrogen-bond acceptors (Lipinski definition) is 6. The lowest BCUT2D eigenvalue weighted by Crippen LogP contribution is -2.65. The van der Waals surface area contributed by atoms with Crippen molar-refractivity contribution in [1.29, 1.82) is 0 Å². The third-order valence-corrected chi connectivity index (χ3v) is 17.4. The summed E-state index contributed by atoms with van der Waals surface area (Å²) in [7, 11) is 0. The molecule has 10 aromatic carbocycles. The largest absolute Gasteiger partial charge is 0.440 e. The van der Waals surface area contributed by atoms with Gasteiger partial charge in [-0.1, -0.05) is 171 Å². The van der Waals surface area contributed by atoms with E-state index in [0.717, 1.165) is 96.6 Å². The Bertz CT molecular complexity index is 4510. The number of ether oxygens (including phenoxy) is 1. The van der Waals surface area contributed by atoms with Crippen molar-refractivity contribution in [2.45, 2.75) is 13.3 Å². The second-order valence-electron chi connectivity index (χ2n) is 21.9. The van der Waals surface area contributed by atoms with Crippen LogP contribution in [0, 0.1) is 5.92 Å². The van der Waals surface area contributed by atoms with Gasteiger partial charge in [0.15, 0.2) is 0 Å². The number of pyridine rings is 1. The molecular weight excluding hydrogens is 986 g/mol. The Morgan fingerprint density at radius 3 is 1.59 bits per heavy atom. The molecule has 0 bridgehead atoms. The van der Waals surface area contributed by atoms with Crippen molar-refractivity contribution < 1.29 is 4.74 Å². The van der Waals surface area contributed by atoms with Crippen molar-refractivity contribution >= 4 is 131 Å². The third-order valence-electron chi connectivity index (χ3n) is 17.4. The number of fused-ring (bicyclic) bond motifs is 11. The average Bonchev–Trinajstić information content (AvgIpc) is 3.51. The fourth-order valence-corrected chi connectivity index (χ4v) is 14.0. The van der Waals surface area contributed by atoms with Crippen LogP contribution in [-0.2, 0) is 0 Å². The first-order chi connectivity index (χ1) is 40.1. The van der Waals surface area contributed by atoms with Gasteiger partial charge in [-0.3, -0.25) is 4.90 Å². The molecule has 0 saturated heterocycles. The third kappa shape index (κ3) is 6.82. The Kier molecular flexibility index (Phi) is 10.1. The molecule has 380 valence electrons. The predicted molar refractivity (Wildman–Crippen MR) is 338 cm³/mol. The van der Waals surface area contributed by atoms with E-state index >= 15 is 0 Å². The Balaban J connectivity index is 0.958. The molecule has 1 atom stereocenters. The van der Waals surface area contributed by atoms with Gasteiger partial charge in [0.1, 0.15) is 11.6 Å². The first-order valence-electron chi connectivity index (χ1n) is 28.2. The molecule has 0 N–H and O–H groups in total. The van der Waals surface area contributed by atoms with Crippen LogP contribution in [0.3, 0.4) is 0 Å². The van der Waals surface area contributed by atoms with E-state index in [1.165, 1.54) is 44.2 Å². The Hall–Kier alpha value is -10.2. The van der Waals surface area contributed by atoms with Crippen LogP contribution < -0.4 is 57.1 Å². The molecule has 17 rings (SSSR count). The minimum Gasteiger partial charge on any atom is -0.440 e. The number of nitrogens with zero attached hydrogens (tertiary/aromatic N) is 6. The van der Waals surface area contributed by atoms with Crippen molar-refractivity contribution in [3.8, 4) is 17.3 Å². The van der Waals surface area contributed by atoms with Crippen LogP contribution >= 0.6 is 0 Å². The molecule has 0 radical (unpaired) electrons. The molecule has 5 aliphatic rings. The van der Waals surface area contributed by atoms with Crippen LogP contribution in [0.2, 0.25) is 0 Å². The number of benzene rings is 10. The lowest BCUT2D eigenvalue weighted by atomic mass is 9.31. The highest BCUT2D eigenvalue weighted by Crippen LogP contribution is 2.49. The fraction of sp³-hybridized carbons (Fsp3) is 0.0417. The number of hydrogen-bond donors (Lipinski definition) is 0. The van der Waals surface area contributed by atoms with Crippen LogP contribution in [0.4, 0.5) is 62.7 Å². The molecule has 6 heterocycles. The maximum atomic E-state index is 7.57. The van der Waals surface area contributed by atoms with Crippen LogP contribution in [-0.4, -0.2) is 23.0 Å². The maximum absolute atomic E-state index is 7.57. The summed E-state index contributed by atoms with van der Waals surface area (Å²) < 4.78 is 10.0. The van der Waals surface area contributed by atoms with Crippen LogP contribution in [0.5, 0.6) is 11.6 Å². The normalized spacial score (nSPS) is 15.0. The molecule has 12 aromatic rings. The van der Waals surface area contributed by atoms with Crippen molar-refractivity contribution in [3.63, 3.8) is 0 Å². The monoisotopic (exact) mass is 1040 g/mol. The Morgan fingerprint density at radius 2 is 0.963 bits per heavy atom.